The Labute approximate surface area is 143 Å². The quantitative estimate of drug-likeness (QED) is 0.871. The SMILES string of the molecule is O=C(NC1CC2CCC1O2)N(CCCO)C1CCc2ccccc21. The van der Waals surface area contributed by atoms with E-state index in [0.29, 0.717) is 19.1 Å². The molecule has 5 nitrogen and oxygen atoms in total. The molecule has 4 rings (SSSR count). The highest BCUT2D eigenvalue weighted by Gasteiger charge is 2.42. The van der Waals surface area contributed by atoms with Crippen molar-refractivity contribution in [1.82, 2.24) is 10.2 Å². The number of nitrogens with zero attached hydrogens (tertiary/aromatic N) is 1. The number of nitrogens with one attached hydrogen (secondary N) is 1. The van der Waals surface area contributed by atoms with Crippen molar-refractivity contribution in [2.75, 3.05) is 13.2 Å². The maximum Gasteiger partial charge on any atom is 0.318 e. The minimum absolute atomic E-state index is 0.00805. The summed E-state index contributed by atoms with van der Waals surface area (Å²) in [6.45, 7) is 0.693. The zero-order chi connectivity index (χ0) is 16.5. The Hall–Kier alpha value is -1.59. The van der Waals surface area contributed by atoms with Crippen LogP contribution in [0.1, 0.15) is 49.3 Å². The summed E-state index contributed by atoms with van der Waals surface area (Å²) in [5.74, 6) is 0. The smallest absolute Gasteiger partial charge is 0.318 e. The second-order valence-corrected chi connectivity index (χ2v) is 7.19. The number of hydrogen-bond donors (Lipinski definition) is 2. The lowest BCUT2D eigenvalue weighted by Gasteiger charge is -2.32. The van der Waals surface area contributed by atoms with Gasteiger partial charge in [0.1, 0.15) is 0 Å². The van der Waals surface area contributed by atoms with Crippen molar-refractivity contribution in [1.29, 1.82) is 0 Å². The molecule has 24 heavy (non-hydrogen) atoms. The molecule has 2 bridgehead atoms. The number of amides is 2. The maximum absolute atomic E-state index is 13.0. The maximum atomic E-state index is 13.0. The highest BCUT2D eigenvalue weighted by atomic mass is 16.5. The molecule has 3 aliphatic rings. The first-order valence-electron chi connectivity index (χ1n) is 9.17. The second-order valence-electron chi connectivity index (χ2n) is 7.19. The molecule has 1 aromatic carbocycles. The van der Waals surface area contributed by atoms with E-state index in [2.05, 4.69) is 23.5 Å². The predicted molar refractivity (Wildman–Crippen MR) is 90.7 cm³/mol. The molecule has 2 saturated heterocycles. The predicted octanol–water partition coefficient (Wildman–Crippen LogP) is 2.39. The summed E-state index contributed by atoms with van der Waals surface area (Å²) < 4.78 is 5.86. The second kappa shape index (κ2) is 6.73. The molecular weight excluding hydrogens is 304 g/mol. The van der Waals surface area contributed by atoms with Crippen LogP contribution in [-0.2, 0) is 11.2 Å². The normalized spacial score (nSPS) is 30.4. The number of benzene rings is 1. The van der Waals surface area contributed by atoms with E-state index in [0.717, 1.165) is 32.1 Å². The van der Waals surface area contributed by atoms with E-state index in [9.17, 15) is 9.90 Å². The van der Waals surface area contributed by atoms with Crippen molar-refractivity contribution >= 4 is 6.03 Å². The van der Waals surface area contributed by atoms with Crippen molar-refractivity contribution < 1.29 is 14.6 Å². The van der Waals surface area contributed by atoms with Gasteiger partial charge in [0.05, 0.1) is 24.3 Å². The average molecular weight is 330 g/mol. The Balaban J connectivity index is 1.48. The fourth-order valence-corrected chi connectivity index (χ4v) is 4.53. The Morgan fingerprint density at radius 3 is 2.92 bits per heavy atom. The van der Waals surface area contributed by atoms with Crippen LogP contribution >= 0.6 is 0 Å². The van der Waals surface area contributed by atoms with E-state index in [1.54, 1.807) is 0 Å². The van der Waals surface area contributed by atoms with Crippen molar-refractivity contribution in [3.8, 4) is 0 Å². The number of rotatable bonds is 5. The highest BCUT2D eigenvalue weighted by Crippen LogP contribution is 2.37. The van der Waals surface area contributed by atoms with Gasteiger partial charge in [0.25, 0.3) is 0 Å². The van der Waals surface area contributed by atoms with Gasteiger partial charge in [-0.05, 0) is 49.7 Å². The van der Waals surface area contributed by atoms with Crippen LogP contribution in [0.15, 0.2) is 24.3 Å². The third-order valence-corrected chi connectivity index (χ3v) is 5.71. The van der Waals surface area contributed by atoms with Crippen LogP contribution < -0.4 is 5.32 Å². The van der Waals surface area contributed by atoms with Crippen molar-refractivity contribution in [3.05, 3.63) is 35.4 Å². The lowest BCUT2D eigenvalue weighted by atomic mass is 9.95. The number of aliphatic hydroxyl groups excluding tert-OH is 1. The number of aryl methyl sites for hydroxylation is 1. The van der Waals surface area contributed by atoms with E-state index in [1.165, 1.54) is 11.1 Å². The number of carbonyl (C=O) groups excluding carboxylic acids is 1. The number of fused-ring (bicyclic) bond motifs is 3. The van der Waals surface area contributed by atoms with Crippen LogP contribution in [0.2, 0.25) is 0 Å². The van der Waals surface area contributed by atoms with Gasteiger partial charge in [-0.25, -0.2) is 4.79 Å². The van der Waals surface area contributed by atoms with Crippen molar-refractivity contribution in [2.24, 2.45) is 0 Å². The molecule has 4 unspecified atom stereocenters. The lowest BCUT2D eigenvalue weighted by molar-refractivity contribution is 0.0959. The molecule has 2 N–H and O–H groups in total. The van der Waals surface area contributed by atoms with Gasteiger partial charge >= 0.3 is 6.03 Å². The number of aliphatic hydroxyl groups is 1. The Kier molecular flexibility index (Phi) is 4.46. The van der Waals surface area contributed by atoms with Gasteiger partial charge in [0.15, 0.2) is 0 Å². The van der Waals surface area contributed by atoms with Crippen LogP contribution in [-0.4, -0.2) is 47.4 Å². The standard InChI is InChI=1S/C19H26N2O3/c22-11-3-10-21(17-8-6-13-4-1-2-5-15(13)17)19(23)20-16-12-14-7-9-18(16)24-14/h1-2,4-5,14,16-18,22H,3,6-12H2,(H,20,23). The molecule has 2 fully saturated rings. The zero-order valence-corrected chi connectivity index (χ0v) is 14.0. The highest BCUT2D eigenvalue weighted by molar-refractivity contribution is 5.75. The zero-order valence-electron chi connectivity index (χ0n) is 14.0. The van der Waals surface area contributed by atoms with Crippen molar-refractivity contribution in [2.45, 2.75) is 62.8 Å². The Bertz CT molecular complexity index is 606. The Morgan fingerprint density at radius 1 is 1.29 bits per heavy atom. The molecule has 1 aromatic rings. The van der Waals surface area contributed by atoms with E-state index in [-0.39, 0.29) is 30.8 Å². The minimum atomic E-state index is -0.00805. The number of ether oxygens (including phenoxy) is 1. The van der Waals surface area contributed by atoms with Gasteiger partial charge in [-0.3, -0.25) is 0 Å². The topological polar surface area (TPSA) is 61.8 Å². The summed E-state index contributed by atoms with van der Waals surface area (Å²) in [6, 6.07) is 8.64. The number of urea groups is 1. The molecule has 0 spiro atoms. The summed E-state index contributed by atoms with van der Waals surface area (Å²) in [7, 11) is 0. The molecular formula is C19H26N2O3. The number of hydrogen-bond acceptors (Lipinski definition) is 3. The summed E-state index contributed by atoms with van der Waals surface area (Å²) in [5.41, 5.74) is 2.60. The lowest BCUT2D eigenvalue weighted by Crippen LogP contribution is -2.49. The van der Waals surface area contributed by atoms with Crippen LogP contribution in [0.3, 0.4) is 0 Å². The minimum Gasteiger partial charge on any atom is -0.396 e. The van der Waals surface area contributed by atoms with Gasteiger partial charge in [-0.1, -0.05) is 24.3 Å². The van der Waals surface area contributed by atoms with Gasteiger partial charge in [0, 0.05) is 13.2 Å². The largest absolute Gasteiger partial charge is 0.396 e. The van der Waals surface area contributed by atoms with Gasteiger partial charge in [0.2, 0.25) is 0 Å². The molecule has 0 aromatic heterocycles. The molecule has 0 radical (unpaired) electrons. The monoisotopic (exact) mass is 330 g/mol. The van der Waals surface area contributed by atoms with Gasteiger partial charge < -0.3 is 20.1 Å². The molecule has 130 valence electrons. The summed E-state index contributed by atoms with van der Waals surface area (Å²) >= 11 is 0. The fraction of sp³-hybridized carbons (Fsp3) is 0.632. The third-order valence-electron chi connectivity index (χ3n) is 5.71. The molecule has 2 heterocycles. The van der Waals surface area contributed by atoms with Crippen LogP contribution in [0, 0.1) is 0 Å². The summed E-state index contributed by atoms with van der Waals surface area (Å²) in [4.78, 5) is 14.9. The van der Waals surface area contributed by atoms with Crippen LogP contribution in [0.5, 0.6) is 0 Å². The molecule has 4 atom stereocenters. The van der Waals surface area contributed by atoms with Gasteiger partial charge in [-0.2, -0.15) is 0 Å². The Morgan fingerprint density at radius 2 is 2.17 bits per heavy atom. The molecule has 1 aliphatic carbocycles. The first kappa shape index (κ1) is 15.9. The summed E-state index contributed by atoms with van der Waals surface area (Å²) in [5, 5.41) is 12.4. The van der Waals surface area contributed by atoms with Crippen LogP contribution in [0.25, 0.3) is 0 Å². The molecule has 5 heteroatoms. The summed E-state index contributed by atoms with van der Waals surface area (Å²) in [6.07, 6.45) is 6.23. The van der Waals surface area contributed by atoms with E-state index < -0.39 is 0 Å². The van der Waals surface area contributed by atoms with E-state index in [4.69, 9.17) is 4.74 Å². The molecule has 2 amide bonds. The number of carbonyl (C=O) groups is 1. The molecule has 2 aliphatic heterocycles. The average Bonchev–Trinajstić information content (AvgIpc) is 3.31. The van der Waals surface area contributed by atoms with Gasteiger partial charge in [-0.15, -0.1) is 0 Å². The fourth-order valence-electron chi connectivity index (χ4n) is 4.53. The first-order chi connectivity index (χ1) is 11.8. The van der Waals surface area contributed by atoms with Crippen molar-refractivity contribution in [3.63, 3.8) is 0 Å². The third kappa shape index (κ3) is 2.91. The van der Waals surface area contributed by atoms with Crippen LogP contribution in [0.4, 0.5) is 4.79 Å². The molecule has 0 saturated carbocycles. The first-order valence-corrected chi connectivity index (χ1v) is 9.17. The van der Waals surface area contributed by atoms with E-state index >= 15 is 0 Å². The van der Waals surface area contributed by atoms with E-state index in [1.807, 2.05) is 11.0 Å².